The van der Waals surface area contributed by atoms with Crippen molar-refractivity contribution in [3.8, 4) is 0 Å². The molecular weight excluding hydrogens is 266 g/mol. The van der Waals surface area contributed by atoms with Crippen LogP contribution in [0.4, 0.5) is 5.69 Å². The van der Waals surface area contributed by atoms with Crippen LogP contribution in [0, 0.1) is 6.92 Å². The number of benzene rings is 3. The molecule has 0 spiro atoms. The van der Waals surface area contributed by atoms with Crippen LogP contribution in [-0.4, -0.2) is 0 Å². The summed E-state index contributed by atoms with van der Waals surface area (Å²) in [6.45, 7) is 2.10. The highest BCUT2D eigenvalue weighted by Gasteiger charge is 2.05. The molecule has 3 aromatic carbocycles. The van der Waals surface area contributed by atoms with Crippen molar-refractivity contribution in [2.75, 3.05) is 5.73 Å². The van der Waals surface area contributed by atoms with Crippen LogP contribution in [-0.2, 0) is 0 Å². The molecule has 1 heteroatoms. The molecule has 2 N–H and O–H groups in total. The van der Waals surface area contributed by atoms with E-state index in [0.717, 1.165) is 5.69 Å². The number of nitrogen functional groups attached to an aromatic ring is 1. The van der Waals surface area contributed by atoms with Gasteiger partial charge in [0.2, 0.25) is 0 Å². The molecule has 0 bridgehead atoms. The molecule has 3 aromatic rings. The van der Waals surface area contributed by atoms with Crippen molar-refractivity contribution >= 4 is 17.3 Å². The SMILES string of the molecule is Cc1ccc(C=C(c2ccccc2)c2ccc(N)cc2)cc1. The van der Waals surface area contributed by atoms with Gasteiger partial charge in [0.05, 0.1) is 0 Å². The number of rotatable bonds is 3. The lowest BCUT2D eigenvalue weighted by atomic mass is 9.95. The number of nitrogens with two attached hydrogens (primary N) is 1. The molecule has 0 radical (unpaired) electrons. The van der Waals surface area contributed by atoms with Crippen LogP contribution in [0.5, 0.6) is 0 Å². The van der Waals surface area contributed by atoms with E-state index >= 15 is 0 Å². The zero-order valence-corrected chi connectivity index (χ0v) is 12.7. The van der Waals surface area contributed by atoms with Gasteiger partial charge < -0.3 is 5.73 Å². The van der Waals surface area contributed by atoms with Crippen molar-refractivity contribution < 1.29 is 0 Å². The molecule has 0 saturated heterocycles. The molecule has 0 atom stereocenters. The zero-order chi connectivity index (χ0) is 15.4. The van der Waals surface area contributed by atoms with Crippen LogP contribution in [0.15, 0.2) is 78.9 Å². The standard InChI is InChI=1S/C21H19N/c1-16-7-9-17(10-8-16)15-21(18-5-3-2-4-6-18)19-11-13-20(22)14-12-19/h2-15H,22H2,1H3. The van der Waals surface area contributed by atoms with Gasteiger partial charge in [-0.15, -0.1) is 0 Å². The predicted molar refractivity (Wildman–Crippen MR) is 95.4 cm³/mol. The molecule has 0 fully saturated rings. The second kappa shape index (κ2) is 6.31. The van der Waals surface area contributed by atoms with Crippen LogP contribution in [0.2, 0.25) is 0 Å². The maximum absolute atomic E-state index is 5.82. The Morgan fingerprint density at radius 1 is 0.727 bits per heavy atom. The van der Waals surface area contributed by atoms with Gasteiger partial charge in [0, 0.05) is 5.69 Å². The minimum Gasteiger partial charge on any atom is -0.399 e. The first-order valence-electron chi connectivity index (χ1n) is 7.42. The summed E-state index contributed by atoms with van der Waals surface area (Å²) in [6.07, 6.45) is 2.22. The molecule has 108 valence electrons. The lowest BCUT2D eigenvalue weighted by molar-refractivity contribution is 1.46. The van der Waals surface area contributed by atoms with Crippen molar-refractivity contribution in [3.63, 3.8) is 0 Å². The van der Waals surface area contributed by atoms with Gasteiger partial charge in [0.25, 0.3) is 0 Å². The topological polar surface area (TPSA) is 26.0 Å². The van der Waals surface area contributed by atoms with Crippen molar-refractivity contribution in [1.82, 2.24) is 0 Å². The molecular formula is C21H19N. The van der Waals surface area contributed by atoms with E-state index in [1.807, 2.05) is 18.2 Å². The molecule has 0 aliphatic heterocycles. The van der Waals surface area contributed by atoms with Gasteiger partial charge in [0.15, 0.2) is 0 Å². The minimum absolute atomic E-state index is 0.784. The molecule has 0 heterocycles. The second-order valence-corrected chi connectivity index (χ2v) is 5.46. The molecule has 0 aliphatic rings. The Kier molecular flexibility index (Phi) is 4.06. The van der Waals surface area contributed by atoms with E-state index in [9.17, 15) is 0 Å². The Morgan fingerprint density at radius 2 is 1.32 bits per heavy atom. The highest BCUT2D eigenvalue weighted by Crippen LogP contribution is 2.26. The molecule has 3 rings (SSSR count). The summed E-state index contributed by atoms with van der Waals surface area (Å²) in [5.74, 6) is 0. The lowest BCUT2D eigenvalue weighted by Gasteiger charge is -2.09. The minimum atomic E-state index is 0.784. The smallest absolute Gasteiger partial charge is 0.0314 e. The van der Waals surface area contributed by atoms with E-state index < -0.39 is 0 Å². The Balaban J connectivity index is 2.10. The largest absolute Gasteiger partial charge is 0.399 e. The van der Waals surface area contributed by atoms with Gasteiger partial charge in [-0.3, -0.25) is 0 Å². The average Bonchev–Trinajstić information content (AvgIpc) is 2.56. The van der Waals surface area contributed by atoms with Gasteiger partial charge in [-0.05, 0) is 47.4 Å². The number of hydrogen-bond acceptors (Lipinski definition) is 1. The summed E-state index contributed by atoms with van der Waals surface area (Å²) < 4.78 is 0. The highest BCUT2D eigenvalue weighted by molar-refractivity contribution is 5.91. The van der Waals surface area contributed by atoms with E-state index in [1.165, 1.54) is 27.8 Å². The summed E-state index contributed by atoms with van der Waals surface area (Å²) in [4.78, 5) is 0. The lowest BCUT2D eigenvalue weighted by Crippen LogP contribution is -1.90. The third-order valence-electron chi connectivity index (χ3n) is 3.69. The Labute approximate surface area is 131 Å². The highest BCUT2D eigenvalue weighted by atomic mass is 14.5. The fraction of sp³-hybridized carbons (Fsp3) is 0.0476. The summed E-state index contributed by atoms with van der Waals surface area (Å²) in [5.41, 5.74) is 12.6. The normalized spacial score (nSPS) is 11.4. The fourth-order valence-electron chi connectivity index (χ4n) is 2.44. The fourth-order valence-corrected chi connectivity index (χ4v) is 2.44. The van der Waals surface area contributed by atoms with Crippen LogP contribution in [0.1, 0.15) is 22.3 Å². The Hall–Kier alpha value is -2.80. The maximum atomic E-state index is 5.82. The van der Waals surface area contributed by atoms with E-state index in [0.29, 0.717) is 0 Å². The molecule has 0 amide bonds. The van der Waals surface area contributed by atoms with Gasteiger partial charge in [0.1, 0.15) is 0 Å². The summed E-state index contributed by atoms with van der Waals surface area (Å²) in [6, 6.07) is 27.0. The van der Waals surface area contributed by atoms with E-state index in [-0.39, 0.29) is 0 Å². The number of anilines is 1. The van der Waals surface area contributed by atoms with Gasteiger partial charge in [-0.25, -0.2) is 0 Å². The Bertz CT molecular complexity index is 766. The number of hydrogen-bond donors (Lipinski definition) is 1. The first-order valence-corrected chi connectivity index (χ1v) is 7.42. The van der Waals surface area contributed by atoms with Crippen molar-refractivity contribution in [2.24, 2.45) is 0 Å². The third-order valence-corrected chi connectivity index (χ3v) is 3.69. The van der Waals surface area contributed by atoms with Crippen molar-refractivity contribution in [1.29, 1.82) is 0 Å². The van der Waals surface area contributed by atoms with E-state index in [4.69, 9.17) is 5.73 Å². The monoisotopic (exact) mass is 285 g/mol. The molecule has 1 nitrogen and oxygen atoms in total. The summed E-state index contributed by atoms with van der Waals surface area (Å²) in [5, 5.41) is 0. The average molecular weight is 285 g/mol. The molecule has 0 unspecified atom stereocenters. The van der Waals surface area contributed by atoms with Gasteiger partial charge in [-0.1, -0.05) is 72.3 Å². The zero-order valence-electron chi connectivity index (χ0n) is 12.7. The van der Waals surface area contributed by atoms with Crippen molar-refractivity contribution in [3.05, 3.63) is 101 Å². The molecule has 22 heavy (non-hydrogen) atoms. The quantitative estimate of drug-likeness (QED) is 0.521. The number of aryl methyl sites for hydroxylation is 1. The van der Waals surface area contributed by atoms with Crippen LogP contribution >= 0.6 is 0 Å². The maximum Gasteiger partial charge on any atom is 0.0314 e. The Morgan fingerprint density at radius 3 is 1.95 bits per heavy atom. The van der Waals surface area contributed by atoms with Crippen LogP contribution in [0.3, 0.4) is 0 Å². The third kappa shape index (κ3) is 3.26. The van der Waals surface area contributed by atoms with E-state index in [1.54, 1.807) is 0 Å². The predicted octanol–water partition coefficient (Wildman–Crippen LogP) is 5.17. The summed E-state index contributed by atoms with van der Waals surface area (Å²) >= 11 is 0. The molecule has 0 saturated carbocycles. The van der Waals surface area contributed by atoms with E-state index in [2.05, 4.69) is 73.7 Å². The first kappa shape index (κ1) is 14.2. The van der Waals surface area contributed by atoms with Crippen LogP contribution in [0.25, 0.3) is 11.6 Å². The first-order chi connectivity index (χ1) is 10.7. The van der Waals surface area contributed by atoms with Crippen molar-refractivity contribution in [2.45, 2.75) is 6.92 Å². The van der Waals surface area contributed by atoms with Gasteiger partial charge >= 0.3 is 0 Å². The summed E-state index contributed by atoms with van der Waals surface area (Å²) in [7, 11) is 0. The van der Waals surface area contributed by atoms with Crippen LogP contribution < -0.4 is 5.73 Å². The van der Waals surface area contributed by atoms with Gasteiger partial charge in [-0.2, -0.15) is 0 Å². The molecule has 0 aromatic heterocycles. The molecule has 0 aliphatic carbocycles. The second-order valence-electron chi connectivity index (χ2n) is 5.46.